The number of halogens is 1. The lowest BCUT2D eigenvalue weighted by atomic mass is 10.2. The first kappa shape index (κ1) is 14.6. The molecule has 0 aliphatic carbocycles. The third-order valence-corrected chi connectivity index (χ3v) is 2.98. The van der Waals surface area contributed by atoms with Crippen molar-refractivity contribution in [2.75, 3.05) is 0 Å². The van der Waals surface area contributed by atoms with Crippen LogP contribution in [-0.4, -0.2) is 9.97 Å². The Hall–Kier alpha value is -1.85. The van der Waals surface area contributed by atoms with Gasteiger partial charge in [-0.05, 0) is 12.1 Å². The van der Waals surface area contributed by atoms with Gasteiger partial charge in [0.15, 0.2) is 0 Å². The number of rotatable bonds is 4. The van der Waals surface area contributed by atoms with Crippen LogP contribution < -0.4 is 16.0 Å². The van der Waals surface area contributed by atoms with Gasteiger partial charge in [-0.1, -0.05) is 31.5 Å². The zero-order valence-corrected chi connectivity index (χ0v) is 12.1. The van der Waals surface area contributed by atoms with E-state index in [9.17, 15) is 4.79 Å². The summed E-state index contributed by atoms with van der Waals surface area (Å²) in [5.74, 6) is 1.41. The molecule has 2 rings (SSSR count). The molecule has 0 unspecified atom stereocenters. The van der Waals surface area contributed by atoms with Crippen molar-refractivity contribution in [1.82, 2.24) is 9.97 Å². The van der Waals surface area contributed by atoms with Gasteiger partial charge in [0.05, 0.1) is 6.07 Å². The molecular weight excluding hydrogens is 278 g/mol. The highest BCUT2D eigenvalue weighted by Crippen LogP contribution is 2.27. The normalized spacial score (nSPS) is 10.8. The highest BCUT2D eigenvalue weighted by Gasteiger charge is 2.09. The number of nitrogens with two attached hydrogens (primary N) is 1. The molecular formula is C14H16ClN3O2. The summed E-state index contributed by atoms with van der Waals surface area (Å²) in [6.07, 6.45) is 0. The molecule has 0 spiro atoms. The number of hydrogen-bond donors (Lipinski definition) is 2. The third-order valence-electron chi connectivity index (χ3n) is 2.75. The Morgan fingerprint density at radius 2 is 2.15 bits per heavy atom. The lowest BCUT2D eigenvalue weighted by Gasteiger charge is -2.11. The number of H-pyrrole nitrogens is 1. The molecule has 0 aliphatic heterocycles. The molecule has 5 nitrogen and oxygen atoms in total. The monoisotopic (exact) mass is 293 g/mol. The van der Waals surface area contributed by atoms with Gasteiger partial charge in [-0.3, -0.25) is 4.79 Å². The van der Waals surface area contributed by atoms with Gasteiger partial charge >= 0.3 is 0 Å². The molecule has 0 amide bonds. The quantitative estimate of drug-likeness (QED) is 0.908. The van der Waals surface area contributed by atoms with Crippen molar-refractivity contribution in [2.24, 2.45) is 5.73 Å². The molecule has 0 fully saturated rings. The van der Waals surface area contributed by atoms with E-state index in [-0.39, 0.29) is 17.4 Å². The highest BCUT2D eigenvalue weighted by atomic mass is 35.5. The summed E-state index contributed by atoms with van der Waals surface area (Å²) in [6.45, 7) is 4.19. The van der Waals surface area contributed by atoms with E-state index in [2.05, 4.69) is 9.97 Å². The van der Waals surface area contributed by atoms with Crippen LogP contribution in [0.4, 0.5) is 0 Å². The van der Waals surface area contributed by atoms with E-state index in [4.69, 9.17) is 22.1 Å². The van der Waals surface area contributed by atoms with Gasteiger partial charge in [0.2, 0.25) is 5.88 Å². The Morgan fingerprint density at radius 3 is 2.80 bits per heavy atom. The van der Waals surface area contributed by atoms with Gasteiger partial charge in [-0.2, -0.15) is 4.98 Å². The molecule has 1 heterocycles. The minimum absolute atomic E-state index is 0.0968. The zero-order chi connectivity index (χ0) is 14.7. The van der Waals surface area contributed by atoms with Gasteiger partial charge in [-0.25, -0.2) is 0 Å². The zero-order valence-electron chi connectivity index (χ0n) is 11.3. The van der Waals surface area contributed by atoms with Gasteiger partial charge < -0.3 is 15.5 Å². The van der Waals surface area contributed by atoms with Crippen molar-refractivity contribution in [2.45, 2.75) is 26.3 Å². The van der Waals surface area contributed by atoms with Crippen LogP contribution in [-0.2, 0) is 6.54 Å². The Balaban J connectivity index is 2.39. The molecule has 2 aromatic rings. The number of ether oxygens (including phenoxy) is 1. The maximum atomic E-state index is 11.6. The fourth-order valence-corrected chi connectivity index (χ4v) is 1.85. The van der Waals surface area contributed by atoms with Crippen LogP contribution >= 0.6 is 11.6 Å². The van der Waals surface area contributed by atoms with Crippen LogP contribution in [0.1, 0.15) is 31.2 Å². The second-order valence-electron chi connectivity index (χ2n) is 4.68. The van der Waals surface area contributed by atoms with Crippen LogP contribution in [0, 0.1) is 0 Å². The Kier molecular flexibility index (Phi) is 4.42. The predicted molar refractivity (Wildman–Crippen MR) is 78.4 cm³/mol. The summed E-state index contributed by atoms with van der Waals surface area (Å²) < 4.78 is 5.66. The second kappa shape index (κ2) is 6.07. The van der Waals surface area contributed by atoms with Crippen molar-refractivity contribution >= 4 is 11.6 Å². The minimum atomic E-state index is -0.255. The molecule has 3 N–H and O–H groups in total. The summed E-state index contributed by atoms with van der Waals surface area (Å²) in [5, 5.41) is 0.533. The Morgan fingerprint density at radius 1 is 1.40 bits per heavy atom. The van der Waals surface area contributed by atoms with E-state index >= 15 is 0 Å². The first-order valence-electron chi connectivity index (χ1n) is 6.27. The van der Waals surface area contributed by atoms with Gasteiger partial charge in [0, 0.05) is 23.0 Å². The third kappa shape index (κ3) is 3.37. The SMILES string of the molecule is CC(C)c1nc(Oc2cc(Cl)ccc2CN)cc(=O)[nH]1. The van der Waals surface area contributed by atoms with Crippen molar-refractivity contribution in [3.63, 3.8) is 0 Å². The van der Waals surface area contributed by atoms with Gasteiger partial charge in [-0.15, -0.1) is 0 Å². The van der Waals surface area contributed by atoms with Crippen LogP contribution in [0.25, 0.3) is 0 Å². The first-order valence-corrected chi connectivity index (χ1v) is 6.65. The predicted octanol–water partition coefficient (Wildman–Crippen LogP) is 2.80. The average Bonchev–Trinajstić information content (AvgIpc) is 2.38. The van der Waals surface area contributed by atoms with E-state index in [0.29, 0.717) is 23.1 Å². The highest BCUT2D eigenvalue weighted by molar-refractivity contribution is 6.30. The maximum Gasteiger partial charge on any atom is 0.254 e. The summed E-state index contributed by atoms with van der Waals surface area (Å²) in [6, 6.07) is 6.48. The van der Waals surface area contributed by atoms with Crippen LogP contribution in [0.3, 0.4) is 0 Å². The smallest absolute Gasteiger partial charge is 0.254 e. The molecule has 1 aromatic carbocycles. The van der Waals surface area contributed by atoms with E-state index in [1.807, 2.05) is 13.8 Å². The summed E-state index contributed by atoms with van der Waals surface area (Å²) >= 11 is 5.94. The van der Waals surface area contributed by atoms with Gasteiger partial charge in [0.1, 0.15) is 11.6 Å². The fourth-order valence-electron chi connectivity index (χ4n) is 1.68. The molecule has 0 bridgehead atoms. The van der Waals surface area contributed by atoms with Crippen molar-refractivity contribution in [3.05, 3.63) is 51.0 Å². The number of hydrogen-bond acceptors (Lipinski definition) is 4. The largest absolute Gasteiger partial charge is 0.438 e. The van der Waals surface area contributed by atoms with Crippen molar-refractivity contribution < 1.29 is 4.74 Å². The number of aromatic amines is 1. The molecule has 20 heavy (non-hydrogen) atoms. The number of benzene rings is 1. The summed E-state index contributed by atoms with van der Waals surface area (Å²) in [5.41, 5.74) is 6.19. The molecule has 0 atom stereocenters. The maximum absolute atomic E-state index is 11.6. The number of nitrogens with one attached hydrogen (secondary N) is 1. The van der Waals surface area contributed by atoms with E-state index < -0.39 is 0 Å². The molecule has 6 heteroatoms. The molecule has 0 aliphatic rings. The lowest BCUT2D eigenvalue weighted by Crippen LogP contribution is -2.12. The summed E-state index contributed by atoms with van der Waals surface area (Å²) in [7, 11) is 0. The Bertz CT molecular complexity index is 668. The number of nitrogens with zero attached hydrogens (tertiary/aromatic N) is 1. The Labute approximate surface area is 121 Å². The topological polar surface area (TPSA) is 81.0 Å². The van der Waals surface area contributed by atoms with E-state index in [1.54, 1.807) is 18.2 Å². The van der Waals surface area contributed by atoms with Crippen LogP contribution in [0.5, 0.6) is 11.6 Å². The van der Waals surface area contributed by atoms with Crippen LogP contribution in [0.15, 0.2) is 29.1 Å². The lowest BCUT2D eigenvalue weighted by molar-refractivity contribution is 0.450. The van der Waals surface area contributed by atoms with Gasteiger partial charge in [0.25, 0.3) is 5.56 Å². The minimum Gasteiger partial charge on any atom is -0.438 e. The van der Waals surface area contributed by atoms with E-state index in [0.717, 1.165) is 5.56 Å². The first-order chi connectivity index (χ1) is 9.49. The van der Waals surface area contributed by atoms with Crippen molar-refractivity contribution in [1.29, 1.82) is 0 Å². The van der Waals surface area contributed by atoms with Crippen LogP contribution in [0.2, 0.25) is 5.02 Å². The van der Waals surface area contributed by atoms with Crippen molar-refractivity contribution in [3.8, 4) is 11.6 Å². The molecule has 0 radical (unpaired) electrons. The second-order valence-corrected chi connectivity index (χ2v) is 5.12. The molecule has 0 saturated carbocycles. The standard InChI is InChI=1S/C14H16ClN3O2/c1-8(2)14-17-12(19)6-13(18-14)20-11-5-10(15)4-3-9(11)7-16/h3-6,8H,7,16H2,1-2H3,(H,17,18,19). The molecule has 0 saturated heterocycles. The molecule has 106 valence electrons. The molecule has 1 aromatic heterocycles. The fraction of sp³-hybridized carbons (Fsp3) is 0.286. The summed E-state index contributed by atoms with van der Waals surface area (Å²) in [4.78, 5) is 18.5. The number of aromatic nitrogens is 2. The van der Waals surface area contributed by atoms with E-state index in [1.165, 1.54) is 6.07 Å². The average molecular weight is 294 g/mol.